The minimum absolute atomic E-state index is 1.04. The van der Waals surface area contributed by atoms with Crippen molar-refractivity contribution >= 4 is 11.8 Å². The summed E-state index contributed by atoms with van der Waals surface area (Å²) in [5.74, 6) is 0. The molecule has 1 nitrogen and oxygen atoms in total. The third-order valence-corrected chi connectivity index (χ3v) is 1.85. The fourth-order valence-corrected chi connectivity index (χ4v) is 1.01. The molecule has 0 aliphatic rings. The molecule has 82 valence electrons. The zero-order chi connectivity index (χ0) is 10.5. The van der Waals surface area contributed by atoms with E-state index in [0.29, 0.717) is 0 Å². The SMILES string of the molecule is CCC.CCCCN(Cl)CCCC. The summed E-state index contributed by atoms with van der Waals surface area (Å²) in [7, 11) is 0. The number of unbranched alkanes of at least 4 members (excludes halogenated alkanes) is 2. The minimum atomic E-state index is 1.04. The van der Waals surface area contributed by atoms with Crippen LogP contribution in [0.15, 0.2) is 0 Å². The van der Waals surface area contributed by atoms with Gasteiger partial charge < -0.3 is 0 Å². The summed E-state index contributed by atoms with van der Waals surface area (Å²) in [6, 6.07) is 0. The van der Waals surface area contributed by atoms with Gasteiger partial charge in [0.25, 0.3) is 0 Å². The van der Waals surface area contributed by atoms with Crippen LogP contribution in [0.1, 0.15) is 59.8 Å². The molecule has 0 N–H and O–H groups in total. The van der Waals surface area contributed by atoms with Crippen LogP contribution < -0.4 is 0 Å². The van der Waals surface area contributed by atoms with Gasteiger partial charge in [-0.05, 0) is 24.6 Å². The number of hydrogen-bond donors (Lipinski definition) is 0. The molecule has 0 saturated heterocycles. The highest BCUT2D eigenvalue weighted by Crippen LogP contribution is 2.00. The predicted octanol–water partition coefficient (Wildman–Crippen LogP) is 4.46. The lowest BCUT2D eigenvalue weighted by atomic mass is 10.3. The second-order valence-electron chi connectivity index (χ2n) is 3.32. The number of nitrogens with zero attached hydrogens (tertiary/aromatic N) is 1. The van der Waals surface area contributed by atoms with Gasteiger partial charge in [0.05, 0.1) is 0 Å². The number of halogens is 1. The highest BCUT2D eigenvalue weighted by molar-refractivity contribution is 6.13. The van der Waals surface area contributed by atoms with Crippen molar-refractivity contribution < 1.29 is 0 Å². The average molecular weight is 208 g/mol. The van der Waals surface area contributed by atoms with E-state index in [1.54, 1.807) is 0 Å². The maximum atomic E-state index is 5.87. The molecule has 0 saturated carbocycles. The normalized spacial score (nSPS) is 9.69. The molecule has 0 amide bonds. The van der Waals surface area contributed by atoms with Gasteiger partial charge >= 0.3 is 0 Å². The molecule has 13 heavy (non-hydrogen) atoms. The summed E-state index contributed by atoms with van der Waals surface area (Å²) in [6.07, 6.45) is 6.14. The maximum Gasteiger partial charge on any atom is 0.0138 e. The molecule has 0 aliphatic heterocycles. The molecular weight excluding hydrogens is 182 g/mol. The van der Waals surface area contributed by atoms with Crippen LogP contribution >= 0.6 is 11.8 Å². The first-order valence-electron chi connectivity index (χ1n) is 5.63. The zero-order valence-electron chi connectivity index (χ0n) is 9.77. The Morgan fingerprint density at radius 3 is 1.38 bits per heavy atom. The highest BCUT2D eigenvalue weighted by Gasteiger charge is 1.96. The van der Waals surface area contributed by atoms with E-state index < -0.39 is 0 Å². The molecule has 0 radical (unpaired) electrons. The van der Waals surface area contributed by atoms with Crippen molar-refractivity contribution in [2.24, 2.45) is 0 Å². The second kappa shape index (κ2) is 14.8. The molecule has 2 heteroatoms. The van der Waals surface area contributed by atoms with Gasteiger partial charge in [-0.1, -0.05) is 47.0 Å². The van der Waals surface area contributed by atoms with Gasteiger partial charge in [-0.2, -0.15) is 0 Å². The Labute approximate surface area is 89.6 Å². The van der Waals surface area contributed by atoms with Crippen molar-refractivity contribution in [1.29, 1.82) is 0 Å². The molecule has 0 fully saturated rings. The van der Waals surface area contributed by atoms with Crippen LogP contribution in [-0.2, 0) is 0 Å². The summed E-state index contributed by atoms with van der Waals surface area (Å²) >= 11 is 5.87. The van der Waals surface area contributed by atoms with Crippen LogP contribution in [0.5, 0.6) is 0 Å². The van der Waals surface area contributed by atoms with Gasteiger partial charge in [0.1, 0.15) is 0 Å². The van der Waals surface area contributed by atoms with Gasteiger partial charge in [0.15, 0.2) is 0 Å². The molecular formula is C11H26ClN. The lowest BCUT2D eigenvalue weighted by Gasteiger charge is -2.11. The van der Waals surface area contributed by atoms with Crippen molar-refractivity contribution in [2.45, 2.75) is 59.8 Å². The van der Waals surface area contributed by atoms with E-state index in [1.165, 1.54) is 32.1 Å². The smallest absolute Gasteiger partial charge is 0.0138 e. The molecule has 0 aromatic rings. The van der Waals surface area contributed by atoms with Crippen LogP contribution in [0, 0.1) is 0 Å². The summed E-state index contributed by atoms with van der Waals surface area (Å²) < 4.78 is 1.90. The van der Waals surface area contributed by atoms with E-state index in [-0.39, 0.29) is 0 Å². The second-order valence-corrected chi connectivity index (χ2v) is 3.80. The Morgan fingerprint density at radius 1 is 0.846 bits per heavy atom. The molecule has 0 aliphatic carbocycles. The van der Waals surface area contributed by atoms with Crippen LogP contribution in [0.3, 0.4) is 0 Å². The van der Waals surface area contributed by atoms with Crippen LogP contribution in [0.4, 0.5) is 0 Å². The molecule has 0 bridgehead atoms. The molecule has 0 unspecified atom stereocenters. The topological polar surface area (TPSA) is 3.24 Å². The molecule has 0 spiro atoms. The Kier molecular flexibility index (Phi) is 17.8. The first kappa shape index (κ1) is 15.7. The van der Waals surface area contributed by atoms with Gasteiger partial charge in [0.2, 0.25) is 0 Å². The fraction of sp³-hybridized carbons (Fsp3) is 1.00. The Balaban J connectivity index is 0. The fourth-order valence-electron chi connectivity index (χ4n) is 0.771. The first-order chi connectivity index (χ1) is 6.22. The molecule has 0 aromatic heterocycles. The maximum absolute atomic E-state index is 5.87. The number of hydrogen-bond acceptors (Lipinski definition) is 1. The van der Waals surface area contributed by atoms with E-state index in [1.807, 2.05) is 4.42 Å². The lowest BCUT2D eigenvalue weighted by molar-refractivity contribution is 0.430. The standard InChI is InChI=1S/C8H18ClN.C3H8/c1-3-5-7-10(9)8-6-4-2;1-3-2/h3-8H2,1-2H3;3H2,1-2H3. The third kappa shape index (κ3) is 18.9. The zero-order valence-corrected chi connectivity index (χ0v) is 10.5. The minimum Gasteiger partial charge on any atom is -0.220 e. The van der Waals surface area contributed by atoms with E-state index >= 15 is 0 Å². The summed E-state index contributed by atoms with van der Waals surface area (Å²) in [6.45, 7) is 10.7. The lowest BCUT2D eigenvalue weighted by Crippen LogP contribution is -2.14. The van der Waals surface area contributed by atoms with E-state index in [2.05, 4.69) is 27.7 Å². The van der Waals surface area contributed by atoms with Crippen molar-refractivity contribution in [1.82, 2.24) is 4.42 Å². The molecule has 0 aromatic carbocycles. The Morgan fingerprint density at radius 2 is 1.15 bits per heavy atom. The third-order valence-electron chi connectivity index (χ3n) is 1.51. The van der Waals surface area contributed by atoms with E-state index in [4.69, 9.17) is 11.8 Å². The van der Waals surface area contributed by atoms with Crippen LogP contribution in [0.2, 0.25) is 0 Å². The average Bonchev–Trinajstić information content (AvgIpc) is 2.12. The van der Waals surface area contributed by atoms with Crippen molar-refractivity contribution in [3.63, 3.8) is 0 Å². The Bertz CT molecular complexity index is 68.5. The van der Waals surface area contributed by atoms with Gasteiger partial charge in [-0.15, -0.1) is 0 Å². The van der Waals surface area contributed by atoms with Crippen molar-refractivity contribution in [3.05, 3.63) is 0 Å². The molecule has 0 atom stereocenters. The number of rotatable bonds is 6. The highest BCUT2D eigenvalue weighted by atomic mass is 35.5. The summed E-state index contributed by atoms with van der Waals surface area (Å²) in [4.78, 5) is 0. The molecule has 0 heterocycles. The van der Waals surface area contributed by atoms with Gasteiger partial charge in [0, 0.05) is 13.1 Å². The monoisotopic (exact) mass is 207 g/mol. The first-order valence-corrected chi connectivity index (χ1v) is 5.97. The van der Waals surface area contributed by atoms with Gasteiger partial charge in [-0.3, -0.25) is 0 Å². The van der Waals surface area contributed by atoms with Crippen molar-refractivity contribution in [2.75, 3.05) is 13.1 Å². The predicted molar refractivity (Wildman–Crippen MR) is 63.2 cm³/mol. The largest absolute Gasteiger partial charge is 0.220 e. The van der Waals surface area contributed by atoms with Gasteiger partial charge in [-0.25, -0.2) is 4.42 Å². The summed E-state index contributed by atoms with van der Waals surface area (Å²) in [5, 5.41) is 0. The van der Waals surface area contributed by atoms with E-state index in [9.17, 15) is 0 Å². The van der Waals surface area contributed by atoms with E-state index in [0.717, 1.165) is 13.1 Å². The quantitative estimate of drug-likeness (QED) is 0.582. The van der Waals surface area contributed by atoms with Crippen molar-refractivity contribution in [3.8, 4) is 0 Å². The van der Waals surface area contributed by atoms with Crippen LogP contribution in [0.25, 0.3) is 0 Å². The summed E-state index contributed by atoms with van der Waals surface area (Å²) in [5.41, 5.74) is 0. The molecule has 0 rings (SSSR count). The Hall–Kier alpha value is 0.250. The van der Waals surface area contributed by atoms with Crippen LogP contribution in [-0.4, -0.2) is 17.5 Å².